The van der Waals surface area contributed by atoms with Gasteiger partial charge in [-0.3, -0.25) is 4.79 Å². The molecule has 1 atom stereocenters. The van der Waals surface area contributed by atoms with Gasteiger partial charge in [0.15, 0.2) is 0 Å². The van der Waals surface area contributed by atoms with Gasteiger partial charge in [-0.05, 0) is 25.7 Å². The van der Waals surface area contributed by atoms with Crippen molar-refractivity contribution < 1.29 is 14.6 Å². The smallest absolute Gasteiger partial charge is 0.222 e. The first-order valence-corrected chi connectivity index (χ1v) is 13.3. The van der Waals surface area contributed by atoms with Gasteiger partial charge >= 0.3 is 0 Å². The van der Waals surface area contributed by atoms with Crippen LogP contribution in [-0.4, -0.2) is 36.6 Å². The number of rotatable bonds is 21. The van der Waals surface area contributed by atoms with E-state index < -0.39 is 0 Å². The molecular weight excluding hydrogens is 374 g/mol. The molecule has 0 radical (unpaired) electrons. The Labute approximate surface area is 187 Å². The van der Waals surface area contributed by atoms with Crippen molar-refractivity contribution in [2.45, 2.75) is 142 Å². The molecule has 0 N–H and O–H groups in total. The summed E-state index contributed by atoms with van der Waals surface area (Å²) in [5, 5.41) is 0. The van der Waals surface area contributed by atoms with E-state index in [1.807, 2.05) is 4.90 Å². The van der Waals surface area contributed by atoms with Crippen LogP contribution >= 0.6 is 0 Å². The molecule has 30 heavy (non-hydrogen) atoms. The van der Waals surface area contributed by atoms with Gasteiger partial charge in [-0.25, -0.2) is 9.78 Å². The monoisotopic (exact) mass is 425 g/mol. The number of hydrogen-bond acceptors (Lipinski definition) is 3. The minimum atomic E-state index is 0.214. The second-order valence-corrected chi connectivity index (χ2v) is 9.19. The molecule has 0 aliphatic carbocycles. The summed E-state index contributed by atoms with van der Waals surface area (Å²) in [5.74, 6) is 0.311. The SMILES string of the molecule is CCCCCCCCCCCCCCCCCC(=O)N1CCCC1COOCCC. The second-order valence-electron chi connectivity index (χ2n) is 9.19. The Hall–Kier alpha value is -0.610. The van der Waals surface area contributed by atoms with Crippen LogP contribution in [0.1, 0.15) is 136 Å². The van der Waals surface area contributed by atoms with Crippen molar-refractivity contribution >= 4 is 5.91 Å². The van der Waals surface area contributed by atoms with Crippen molar-refractivity contribution in [2.75, 3.05) is 19.8 Å². The molecule has 1 fully saturated rings. The molecule has 178 valence electrons. The van der Waals surface area contributed by atoms with Gasteiger partial charge in [0.1, 0.15) is 6.61 Å². The molecule has 4 heteroatoms. The fraction of sp³-hybridized carbons (Fsp3) is 0.962. The first-order valence-electron chi connectivity index (χ1n) is 13.3. The van der Waals surface area contributed by atoms with Crippen molar-refractivity contribution in [3.8, 4) is 0 Å². The molecular formula is C26H51NO3. The second kappa shape index (κ2) is 20.3. The molecule has 0 bridgehead atoms. The van der Waals surface area contributed by atoms with Crippen molar-refractivity contribution in [1.82, 2.24) is 4.90 Å². The average molecular weight is 426 g/mol. The Morgan fingerprint density at radius 3 is 1.80 bits per heavy atom. The van der Waals surface area contributed by atoms with Crippen molar-refractivity contribution in [3.05, 3.63) is 0 Å². The molecule has 1 unspecified atom stereocenters. The van der Waals surface area contributed by atoms with E-state index in [-0.39, 0.29) is 6.04 Å². The van der Waals surface area contributed by atoms with E-state index in [1.165, 1.54) is 89.9 Å². The Kier molecular flexibility index (Phi) is 18.6. The van der Waals surface area contributed by atoms with E-state index in [1.54, 1.807) is 0 Å². The molecule has 0 aromatic rings. The third-order valence-electron chi connectivity index (χ3n) is 6.32. The van der Waals surface area contributed by atoms with Crippen LogP contribution in [0.5, 0.6) is 0 Å². The normalized spacial score (nSPS) is 16.5. The lowest BCUT2D eigenvalue weighted by atomic mass is 10.0. The van der Waals surface area contributed by atoms with Gasteiger partial charge in [0.05, 0.1) is 12.6 Å². The molecule has 1 aliphatic rings. The molecule has 0 spiro atoms. The van der Waals surface area contributed by atoms with Gasteiger partial charge < -0.3 is 4.90 Å². The van der Waals surface area contributed by atoms with Crippen LogP contribution in [0.2, 0.25) is 0 Å². The molecule has 1 saturated heterocycles. The molecule has 4 nitrogen and oxygen atoms in total. The zero-order valence-corrected chi connectivity index (χ0v) is 20.3. The van der Waals surface area contributed by atoms with Crippen molar-refractivity contribution in [3.63, 3.8) is 0 Å². The minimum Gasteiger partial charge on any atom is -0.337 e. The highest BCUT2D eigenvalue weighted by Gasteiger charge is 2.28. The van der Waals surface area contributed by atoms with Gasteiger partial charge in [-0.2, -0.15) is 0 Å². The molecule has 0 aromatic heterocycles. The highest BCUT2D eigenvalue weighted by molar-refractivity contribution is 5.76. The first kappa shape index (κ1) is 27.4. The first-order chi connectivity index (χ1) is 14.8. The van der Waals surface area contributed by atoms with Crippen molar-refractivity contribution in [2.24, 2.45) is 0 Å². The molecule has 1 rings (SSSR count). The molecule has 1 aliphatic heterocycles. The highest BCUT2D eigenvalue weighted by Crippen LogP contribution is 2.20. The van der Waals surface area contributed by atoms with E-state index in [9.17, 15) is 4.79 Å². The summed E-state index contributed by atoms with van der Waals surface area (Å²) in [6, 6.07) is 0.214. The Morgan fingerprint density at radius 2 is 1.27 bits per heavy atom. The molecule has 0 saturated carbocycles. The Balaban J connectivity index is 1.87. The lowest BCUT2D eigenvalue weighted by Crippen LogP contribution is -2.38. The molecule has 1 heterocycles. The summed E-state index contributed by atoms with van der Waals surface area (Å²) in [6.07, 6.45) is 24.2. The topological polar surface area (TPSA) is 38.8 Å². The number of carbonyl (C=O) groups is 1. The van der Waals surface area contributed by atoms with E-state index in [0.29, 0.717) is 25.5 Å². The fourth-order valence-corrected chi connectivity index (χ4v) is 4.40. The van der Waals surface area contributed by atoms with Gasteiger partial charge in [0.25, 0.3) is 0 Å². The molecule has 1 amide bonds. The van der Waals surface area contributed by atoms with E-state index in [4.69, 9.17) is 9.78 Å². The quantitative estimate of drug-likeness (QED) is 0.108. The van der Waals surface area contributed by atoms with E-state index >= 15 is 0 Å². The van der Waals surface area contributed by atoms with Crippen LogP contribution in [0, 0.1) is 0 Å². The number of likely N-dealkylation sites (tertiary alicyclic amines) is 1. The maximum atomic E-state index is 12.5. The van der Waals surface area contributed by atoms with Crippen molar-refractivity contribution in [1.29, 1.82) is 0 Å². The summed E-state index contributed by atoms with van der Waals surface area (Å²) in [6.45, 7) is 6.38. The minimum absolute atomic E-state index is 0.214. The van der Waals surface area contributed by atoms with Gasteiger partial charge in [-0.1, -0.05) is 104 Å². The Morgan fingerprint density at radius 1 is 0.733 bits per heavy atom. The predicted octanol–water partition coefficient (Wildman–Crippen LogP) is 7.60. The lowest BCUT2D eigenvalue weighted by Gasteiger charge is -2.24. The van der Waals surface area contributed by atoms with Crippen LogP contribution in [0.3, 0.4) is 0 Å². The summed E-state index contributed by atoms with van der Waals surface area (Å²) >= 11 is 0. The van der Waals surface area contributed by atoms with E-state index in [2.05, 4.69) is 13.8 Å². The molecule has 0 aromatic carbocycles. The Bertz CT molecular complexity index is 388. The number of nitrogens with zero attached hydrogens (tertiary/aromatic N) is 1. The maximum Gasteiger partial charge on any atom is 0.222 e. The summed E-state index contributed by atoms with van der Waals surface area (Å²) < 4.78 is 0. The zero-order valence-electron chi connectivity index (χ0n) is 20.3. The average Bonchev–Trinajstić information content (AvgIpc) is 3.22. The van der Waals surface area contributed by atoms with Crippen LogP contribution in [0.25, 0.3) is 0 Å². The van der Waals surface area contributed by atoms with Gasteiger partial charge in [0, 0.05) is 13.0 Å². The third kappa shape index (κ3) is 14.4. The van der Waals surface area contributed by atoms with Gasteiger partial charge in [0.2, 0.25) is 5.91 Å². The zero-order chi connectivity index (χ0) is 21.7. The van der Waals surface area contributed by atoms with Crippen LogP contribution in [-0.2, 0) is 14.6 Å². The fourth-order valence-electron chi connectivity index (χ4n) is 4.40. The van der Waals surface area contributed by atoms with Gasteiger partial charge in [-0.15, -0.1) is 0 Å². The standard InChI is InChI=1S/C26H51NO3/c1-3-5-6-7-8-9-10-11-12-13-14-15-16-17-18-21-26(28)27-22-19-20-25(27)24-30-29-23-4-2/h25H,3-24H2,1-2H3. The maximum absolute atomic E-state index is 12.5. The number of unbranched alkanes of at least 4 members (excludes halogenated alkanes) is 14. The van der Waals surface area contributed by atoms with E-state index in [0.717, 1.165) is 32.2 Å². The van der Waals surface area contributed by atoms with Crippen LogP contribution in [0.15, 0.2) is 0 Å². The predicted molar refractivity (Wildman–Crippen MR) is 126 cm³/mol. The van der Waals surface area contributed by atoms with Crippen LogP contribution in [0.4, 0.5) is 0 Å². The summed E-state index contributed by atoms with van der Waals surface area (Å²) in [5.41, 5.74) is 0. The van der Waals surface area contributed by atoms with Crippen LogP contribution < -0.4 is 0 Å². The highest BCUT2D eigenvalue weighted by atomic mass is 17.2. The number of carbonyl (C=O) groups excluding carboxylic acids is 1. The third-order valence-corrected chi connectivity index (χ3v) is 6.32. The number of amides is 1. The largest absolute Gasteiger partial charge is 0.337 e. The number of hydrogen-bond donors (Lipinski definition) is 0. The summed E-state index contributed by atoms with van der Waals surface area (Å²) in [4.78, 5) is 24.9. The lowest BCUT2D eigenvalue weighted by molar-refractivity contribution is -0.299. The summed E-state index contributed by atoms with van der Waals surface area (Å²) in [7, 11) is 0.